The van der Waals surface area contributed by atoms with Crippen molar-refractivity contribution < 1.29 is 0 Å². The minimum absolute atomic E-state index is 0.682. The van der Waals surface area contributed by atoms with E-state index in [1.807, 2.05) is 27.0 Å². The molecule has 0 aromatic carbocycles. The van der Waals surface area contributed by atoms with E-state index < -0.39 is 0 Å². The summed E-state index contributed by atoms with van der Waals surface area (Å²) in [6.45, 7) is 4.81. The summed E-state index contributed by atoms with van der Waals surface area (Å²) >= 11 is 0. The average Bonchev–Trinajstić information content (AvgIpc) is 2.04. The van der Waals surface area contributed by atoms with Crippen molar-refractivity contribution in [2.75, 3.05) is 24.2 Å². The Bertz CT molecular complexity index is 259. The maximum absolute atomic E-state index is 4.21. The summed E-state index contributed by atoms with van der Waals surface area (Å²) in [6, 6.07) is 1.90. The van der Waals surface area contributed by atoms with Crippen molar-refractivity contribution in [1.82, 2.24) is 9.97 Å². The largest absolute Gasteiger partial charge is 0.373 e. The summed E-state index contributed by atoms with van der Waals surface area (Å²) < 4.78 is 0. The second-order valence-corrected chi connectivity index (χ2v) is 2.50. The fraction of sp³-hybridized carbons (Fsp3) is 0.500. The number of aromatic nitrogens is 2. The van der Waals surface area contributed by atoms with Gasteiger partial charge in [0.05, 0.1) is 0 Å². The topological polar surface area (TPSA) is 49.8 Å². The quantitative estimate of drug-likeness (QED) is 0.709. The van der Waals surface area contributed by atoms with E-state index in [9.17, 15) is 0 Å². The Hall–Kier alpha value is -1.32. The number of rotatable bonds is 3. The van der Waals surface area contributed by atoms with Gasteiger partial charge in [0.2, 0.25) is 5.95 Å². The minimum atomic E-state index is 0.682. The van der Waals surface area contributed by atoms with Gasteiger partial charge in [0, 0.05) is 25.4 Å². The molecule has 0 saturated carbocycles. The van der Waals surface area contributed by atoms with Gasteiger partial charge < -0.3 is 10.6 Å². The molecule has 66 valence electrons. The summed E-state index contributed by atoms with van der Waals surface area (Å²) in [5.74, 6) is 1.53. The van der Waals surface area contributed by atoms with Gasteiger partial charge in [-0.15, -0.1) is 0 Å². The summed E-state index contributed by atoms with van der Waals surface area (Å²) in [4.78, 5) is 8.42. The Labute approximate surface area is 72.4 Å². The molecule has 0 unspecified atom stereocenters. The molecule has 4 heteroatoms. The number of nitrogens with zero attached hydrogens (tertiary/aromatic N) is 2. The molecule has 0 bridgehead atoms. The van der Waals surface area contributed by atoms with Gasteiger partial charge in [0.15, 0.2) is 0 Å². The Kier molecular flexibility index (Phi) is 2.85. The molecule has 0 radical (unpaired) electrons. The molecule has 2 N–H and O–H groups in total. The number of nitrogens with one attached hydrogen (secondary N) is 2. The van der Waals surface area contributed by atoms with Gasteiger partial charge in [-0.3, -0.25) is 0 Å². The Balaban J connectivity index is 2.90. The average molecular weight is 166 g/mol. The maximum atomic E-state index is 4.21. The molecule has 1 aromatic heterocycles. The van der Waals surface area contributed by atoms with Crippen LogP contribution in [0.1, 0.15) is 12.6 Å². The lowest BCUT2D eigenvalue weighted by Crippen LogP contribution is -2.05. The molecule has 0 amide bonds. The normalized spacial score (nSPS) is 9.58. The molecule has 1 heterocycles. The van der Waals surface area contributed by atoms with Crippen LogP contribution in [0.25, 0.3) is 0 Å². The lowest BCUT2D eigenvalue weighted by Gasteiger charge is -2.05. The number of aryl methyl sites for hydroxylation is 1. The summed E-state index contributed by atoms with van der Waals surface area (Å²) in [6.07, 6.45) is 0. The van der Waals surface area contributed by atoms with Crippen molar-refractivity contribution in [3.05, 3.63) is 11.8 Å². The molecule has 0 saturated heterocycles. The third-order valence-electron chi connectivity index (χ3n) is 1.45. The molecule has 0 fully saturated rings. The number of hydrogen-bond acceptors (Lipinski definition) is 4. The fourth-order valence-electron chi connectivity index (χ4n) is 0.934. The first-order valence-electron chi connectivity index (χ1n) is 4.03. The van der Waals surface area contributed by atoms with E-state index in [-0.39, 0.29) is 0 Å². The monoisotopic (exact) mass is 166 g/mol. The Morgan fingerprint density at radius 2 is 2.17 bits per heavy atom. The lowest BCUT2D eigenvalue weighted by atomic mass is 10.4. The molecule has 1 rings (SSSR count). The summed E-state index contributed by atoms with van der Waals surface area (Å²) in [7, 11) is 1.84. The second kappa shape index (κ2) is 3.90. The Morgan fingerprint density at radius 1 is 1.42 bits per heavy atom. The highest BCUT2D eigenvalue weighted by molar-refractivity contribution is 5.41. The van der Waals surface area contributed by atoms with E-state index >= 15 is 0 Å². The highest BCUT2D eigenvalue weighted by Crippen LogP contribution is 2.07. The van der Waals surface area contributed by atoms with Gasteiger partial charge in [-0.1, -0.05) is 0 Å². The first-order chi connectivity index (χ1) is 5.76. The zero-order valence-electron chi connectivity index (χ0n) is 7.68. The lowest BCUT2D eigenvalue weighted by molar-refractivity contribution is 1.05. The van der Waals surface area contributed by atoms with Crippen LogP contribution in [0.4, 0.5) is 11.8 Å². The van der Waals surface area contributed by atoms with Crippen LogP contribution < -0.4 is 10.6 Å². The molecule has 0 atom stereocenters. The summed E-state index contributed by atoms with van der Waals surface area (Å²) in [5.41, 5.74) is 0.963. The zero-order chi connectivity index (χ0) is 8.97. The minimum Gasteiger partial charge on any atom is -0.373 e. The first kappa shape index (κ1) is 8.77. The van der Waals surface area contributed by atoms with Crippen molar-refractivity contribution in [1.29, 1.82) is 0 Å². The molecule has 0 aliphatic heterocycles. The highest BCUT2D eigenvalue weighted by atomic mass is 15.1. The van der Waals surface area contributed by atoms with Crippen LogP contribution in [0.5, 0.6) is 0 Å². The van der Waals surface area contributed by atoms with Crippen LogP contribution in [0.15, 0.2) is 6.07 Å². The smallest absolute Gasteiger partial charge is 0.224 e. The standard InChI is InChI=1S/C8H14N4/c1-4-10-8-11-6(2)5-7(9-3)12-8/h5H,4H2,1-3H3,(H2,9,10,11,12). The van der Waals surface area contributed by atoms with E-state index in [1.165, 1.54) is 0 Å². The third kappa shape index (κ3) is 2.08. The Morgan fingerprint density at radius 3 is 2.75 bits per heavy atom. The molecule has 1 aromatic rings. The van der Waals surface area contributed by atoms with Crippen molar-refractivity contribution in [2.45, 2.75) is 13.8 Å². The molecular weight excluding hydrogens is 152 g/mol. The van der Waals surface area contributed by atoms with E-state index in [1.54, 1.807) is 0 Å². The van der Waals surface area contributed by atoms with E-state index in [0.717, 1.165) is 18.1 Å². The van der Waals surface area contributed by atoms with Gasteiger partial charge in [0.1, 0.15) is 5.82 Å². The van der Waals surface area contributed by atoms with Gasteiger partial charge in [-0.25, -0.2) is 4.98 Å². The van der Waals surface area contributed by atoms with Gasteiger partial charge in [-0.2, -0.15) is 4.98 Å². The van der Waals surface area contributed by atoms with E-state index in [4.69, 9.17) is 0 Å². The first-order valence-corrected chi connectivity index (χ1v) is 4.03. The van der Waals surface area contributed by atoms with Crippen molar-refractivity contribution in [2.24, 2.45) is 0 Å². The molecule has 0 spiro atoms. The molecule has 4 nitrogen and oxygen atoms in total. The van der Waals surface area contributed by atoms with Crippen molar-refractivity contribution in [3.63, 3.8) is 0 Å². The molecular formula is C8H14N4. The van der Waals surface area contributed by atoms with Crippen molar-refractivity contribution >= 4 is 11.8 Å². The van der Waals surface area contributed by atoms with Crippen LogP contribution in [-0.2, 0) is 0 Å². The third-order valence-corrected chi connectivity index (χ3v) is 1.45. The molecule has 0 aliphatic carbocycles. The summed E-state index contributed by atoms with van der Waals surface area (Å²) in [5, 5.41) is 6.04. The van der Waals surface area contributed by atoms with Gasteiger partial charge in [0.25, 0.3) is 0 Å². The fourth-order valence-corrected chi connectivity index (χ4v) is 0.934. The van der Waals surface area contributed by atoms with Gasteiger partial charge in [-0.05, 0) is 13.8 Å². The highest BCUT2D eigenvalue weighted by Gasteiger charge is 1.97. The molecule has 0 aliphatic rings. The number of anilines is 2. The van der Waals surface area contributed by atoms with E-state index in [0.29, 0.717) is 5.95 Å². The van der Waals surface area contributed by atoms with Gasteiger partial charge >= 0.3 is 0 Å². The van der Waals surface area contributed by atoms with E-state index in [2.05, 4.69) is 20.6 Å². The predicted octanol–water partition coefficient (Wildman–Crippen LogP) is 1.26. The molecule has 12 heavy (non-hydrogen) atoms. The van der Waals surface area contributed by atoms with Crippen LogP contribution in [-0.4, -0.2) is 23.6 Å². The maximum Gasteiger partial charge on any atom is 0.224 e. The zero-order valence-corrected chi connectivity index (χ0v) is 7.68. The SMILES string of the molecule is CCNc1nc(C)cc(NC)n1. The van der Waals surface area contributed by atoms with Crippen molar-refractivity contribution in [3.8, 4) is 0 Å². The number of hydrogen-bond donors (Lipinski definition) is 2. The van der Waals surface area contributed by atoms with Crippen LogP contribution in [0.2, 0.25) is 0 Å². The van der Waals surface area contributed by atoms with Crippen LogP contribution in [0.3, 0.4) is 0 Å². The van der Waals surface area contributed by atoms with Crippen LogP contribution in [0, 0.1) is 6.92 Å². The predicted molar refractivity (Wildman–Crippen MR) is 50.5 cm³/mol. The van der Waals surface area contributed by atoms with Crippen LogP contribution >= 0.6 is 0 Å². The second-order valence-electron chi connectivity index (χ2n) is 2.50.